The summed E-state index contributed by atoms with van der Waals surface area (Å²) in [6.45, 7) is 0.679. The Morgan fingerprint density at radius 2 is 2.54 bits per heavy atom. The highest BCUT2D eigenvalue weighted by atomic mass is 35.5. The summed E-state index contributed by atoms with van der Waals surface area (Å²) in [5, 5.41) is 11.4. The summed E-state index contributed by atoms with van der Waals surface area (Å²) >= 11 is 7.36. The van der Waals surface area contributed by atoms with Gasteiger partial charge in [0.25, 0.3) is 0 Å². The van der Waals surface area contributed by atoms with Crippen LogP contribution in [0.3, 0.4) is 0 Å². The summed E-state index contributed by atoms with van der Waals surface area (Å²) in [5.41, 5.74) is 0. The van der Waals surface area contributed by atoms with Gasteiger partial charge in [0.1, 0.15) is 6.10 Å². The van der Waals surface area contributed by atoms with Gasteiger partial charge in [0.05, 0.1) is 17.0 Å². The largest absolute Gasteiger partial charge is 0.371 e. The molecule has 68 valence electrons. The highest BCUT2D eigenvalue weighted by Crippen LogP contribution is 2.37. The second kappa shape index (κ2) is 3.67. The molecule has 1 aromatic heterocycles. The molecular weight excluding hydrogens is 206 g/mol. The summed E-state index contributed by atoms with van der Waals surface area (Å²) < 4.78 is 5.49. The van der Waals surface area contributed by atoms with Crippen molar-refractivity contribution in [2.45, 2.75) is 12.5 Å². The fraction of sp³-hybridized carbons (Fsp3) is 0.444. The van der Waals surface area contributed by atoms with Crippen molar-refractivity contribution in [3.63, 3.8) is 0 Å². The maximum absolute atomic E-state index is 8.85. The van der Waals surface area contributed by atoms with Gasteiger partial charge in [-0.25, -0.2) is 0 Å². The number of nitrogens with zero attached hydrogens (tertiary/aromatic N) is 1. The minimum absolute atomic E-state index is 0.00489. The number of hydrogen-bond acceptors (Lipinski definition) is 3. The molecule has 2 unspecified atom stereocenters. The third-order valence-electron chi connectivity index (χ3n) is 2.13. The van der Waals surface area contributed by atoms with Crippen LogP contribution in [0.15, 0.2) is 11.4 Å². The molecular formula is C9H8ClNOS. The molecule has 1 aliphatic rings. The van der Waals surface area contributed by atoms with Gasteiger partial charge in [0.2, 0.25) is 0 Å². The summed E-state index contributed by atoms with van der Waals surface area (Å²) in [5.74, 6) is -0.00489. The topological polar surface area (TPSA) is 33.0 Å². The van der Waals surface area contributed by atoms with Gasteiger partial charge in [0.15, 0.2) is 0 Å². The molecule has 0 amide bonds. The Morgan fingerprint density at radius 3 is 3.15 bits per heavy atom. The van der Waals surface area contributed by atoms with E-state index in [1.54, 1.807) is 11.3 Å². The van der Waals surface area contributed by atoms with Crippen LogP contribution >= 0.6 is 22.9 Å². The Labute approximate surface area is 85.7 Å². The van der Waals surface area contributed by atoms with Crippen LogP contribution in [0, 0.1) is 17.2 Å². The van der Waals surface area contributed by atoms with Crippen LogP contribution in [-0.2, 0) is 4.74 Å². The molecule has 2 heterocycles. The third kappa shape index (κ3) is 1.71. The zero-order valence-electron chi connectivity index (χ0n) is 6.87. The summed E-state index contributed by atoms with van der Waals surface area (Å²) in [6.07, 6.45) is 0.777. The molecule has 0 saturated carbocycles. The van der Waals surface area contributed by atoms with Crippen molar-refractivity contribution >= 4 is 22.9 Å². The van der Waals surface area contributed by atoms with Gasteiger partial charge in [0, 0.05) is 16.9 Å². The Hall–Kier alpha value is -0.560. The lowest BCUT2D eigenvalue weighted by Crippen LogP contribution is -2.02. The van der Waals surface area contributed by atoms with Gasteiger partial charge >= 0.3 is 0 Å². The highest BCUT2D eigenvalue weighted by molar-refractivity contribution is 7.10. The summed E-state index contributed by atoms with van der Waals surface area (Å²) in [4.78, 5) is 1.06. The molecule has 1 saturated heterocycles. The van der Waals surface area contributed by atoms with Crippen LogP contribution in [0.2, 0.25) is 5.02 Å². The van der Waals surface area contributed by atoms with Gasteiger partial charge in [-0.1, -0.05) is 11.6 Å². The first-order valence-corrected chi connectivity index (χ1v) is 5.32. The molecule has 2 rings (SSSR count). The minimum Gasteiger partial charge on any atom is -0.371 e. The quantitative estimate of drug-likeness (QED) is 0.719. The molecule has 0 aliphatic carbocycles. The fourth-order valence-corrected chi connectivity index (χ4v) is 2.67. The van der Waals surface area contributed by atoms with E-state index >= 15 is 0 Å². The normalized spacial score (nSPS) is 27.4. The van der Waals surface area contributed by atoms with E-state index in [-0.39, 0.29) is 12.0 Å². The highest BCUT2D eigenvalue weighted by Gasteiger charge is 2.30. The van der Waals surface area contributed by atoms with Crippen LogP contribution < -0.4 is 0 Å². The predicted molar refractivity (Wildman–Crippen MR) is 51.7 cm³/mol. The molecule has 1 aromatic rings. The SMILES string of the molecule is N#CC1CCOC1c1cc(Cl)cs1. The first kappa shape index (κ1) is 9.01. The lowest BCUT2D eigenvalue weighted by atomic mass is 10.0. The Morgan fingerprint density at radius 1 is 1.69 bits per heavy atom. The van der Waals surface area contributed by atoms with Crippen molar-refractivity contribution < 1.29 is 4.74 Å². The van der Waals surface area contributed by atoms with Crippen molar-refractivity contribution in [1.82, 2.24) is 0 Å². The molecule has 2 nitrogen and oxygen atoms in total. The molecule has 13 heavy (non-hydrogen) atoms. The van der Waals surface area contributed by atoms with Gasteiger partial charge in [-0.15, -0.1) is 11.3 Å². The summed E-state index contributed by atoms with van der Waals surface area (Å²) in [6, 6.07) is 4.14. The molecule has 0 N–H and O–H groups in total. The third-order valence-corrected chi connectivity index (χ3v) is 3.47. The van der Waals surface area contributed by atoms with Crippen molar-refractivity contribution in [3.05, 3.63) is 21.3 Å². The molecule has 1 fully saturated rings. The van der Waals surface area contributed by atoms with Crippen molar-refractivity contribution in [2.75, 3.05) is 6.61 Å². The maximum Gasteiger partial charge on any atom is 0.108 e. The first-order valence-electron chi connectivity index (χ1n) is 4.06. The Balaban J connectivity index is 2.21. The van der Waals surface area contributed by atoms with Gasteiger partial charge < -0.3 is 4.74 Å². The van der Waals surface area contributed by atoms with E-state index in [1.807, 2.05) is 11.4 Å². The Kier molecular flexibility index (Phi) is 2.54. The molecule has 0 bridgehead atoms. The lowest BCUT2D eigenvalue weighted by molar-refractivity contribution is 0.103. The fourth-order valence-electron chi connectivity index (χ4n) is 1.48. The number of ether oxygens (including phenoxy) is 1. The van der Waals surface area contributed by atoms with Crippen LogP contribution in [0.5, 0.6) is 0 Å². The number of nitriles is 1. The molecule has 2 atom stereocenters. The van der Waals surface area contributed by atoms with E-state index in [9.17, 15) is 0 Å². The van der Waals surface area contributed by atoms with E-state index in [1.165, 1.54) is 0 Å². The predicted octanol–water partition coefficient (Wildman–Crippen LogP) is 3.00. The van der Waals surface area contributed by atoms with Crippen molar-refractivity contribution in [3.8, 4) is 6.07 Å². The average molecular weight is 214 g/mol. The zero-order valence-corrected chi connectivity index (χ0v) is 8.44. The molecule has 0 spiro atoms. The Bertz CT molecular complexity index is 344. The number of thiophene rings is 1. The van der Waals surface area contributed by atoms with Crippen LogP contribution in [0.1, 0.15) is 17.4 Å². The monoisotopic (exact) mass is 213 g/mol. The number of hydrogen-bond donors (Lipinski definition) is 0. The van der Waals surface area contributed by atoms with Gasteiger partial charge in [-0.05, 0) is 12.5 Å². The maximum atomic E-state index is 8.85. The van der Waals surface area contributed by atoms with Crippen molar-refractivity contribution in [1.29, 1.82) is 5.26 Å². The summed E-state index contributed by atoms with van der Waals surface area (Å²) in [7, 11) is 0. The molecule has 1 aliphatic heterocycles. The van der Waals surface area contributed by atoms with E-state index in [0.29, 0.717) is 6.61 Å². The van der Waals surface area contributed by atoms with E-state index in [0.717, 1.165) is 16.3 Å². The average Bonchev–Trinajstić information content (AvgIpc) is 2.71. The minimum atomic E-state index is -0.0532. The number of halogens is 1. The van der Waals surface area contributed by atoms with Crippen LogP contribution in [0.25, 0.3) is 0 Å². The number of rotatable bonds is 1. The standard InChI is InChI=1S/C9H8ClNOS/c10-7-3-8(13-5-7)9-6(4-11)1-2-12-9/h3,5-6,9H,1-2H2. The van der Waals surface area contributed by atoms with Crippen LogP contribution in [0.4, 0.5) is 0 Å². The van der Waals surface area contributed by atoms with Crippen molar-refractivity contribution in [2.24, 2.45) is 5.92 Å². The second-order valence-electron chi connectivity index (χ2n) is 2.98. The van der Waals surface area contributed by atoms with Gasteiger partial charge in [-0.3, -0.25) is 0 Å². The first-order chi connectivity index (χ1) is 6.31. The second-order valence-corrected chi connectivity index (χ2v) is 4.36. The lowest BCUT2D eigenvalue weighted by Gasteiger charge is -2.09. The van der Waals surface area contributed by atoms with E-state index in [2.05, 4.69) is 6.07 Å². The van der Waals surface area contributed by atoms with Gasteiger partial charge in [-0.2, -0.15) is 5.26 Å². The van der Waals surface area contributed by atoms with Crippen LogP contribution in [-0.4, -0.2) is 6.61 Å². The molecule has 0 aromatic carbocycles. The van der Waals surface area contributed by atoms with E-state index < -0.39 is 0 Å². The zero-order chi connectivity index (χ0) is 9.26. The molecule has 0 radical (unpaired) electrons. The van der Waals surface area contributed by atoms with E-state index in [4.69, 9.17) is 21.6 Å². The smallest absolute Gasteiger partial charge is 0.108 e. The molecule has 4 heteroatoms.